The molecule has 0 saturated heterocycles. The number of benzene rings is 2. The molecule has 0 amide bonds. The monoisotopic (exact) mass is 330 g/mol. The highest BCUT2D eigenvalue weighted by Crippen LogP contribution is 2.38. The third-order valence-electron chi connectivity index (χ3n) is 3.58. The fourth-order valence-corrected chi connectivity index (χ4v) is 2.34. The van der Waals surface area contributed by atoms with Gasteiger partial charge in [0.05, 0.1) is 35.5 Å². The van der Waals surface area contributed by atoms with Crippen molar-refractivity contribution in [3.63, 3.8) is 0 Å². The predicted octanol–water partition coefficient (Wildman–Crippen LogP) is 3.90. The molecule has 2 rings (SSSR count). The van der Waals surface area contributed by atoms with Crippen LogP contribution in [0.15, 0.2) is 30.3 Å². The van der Waals surface area contributed by atoms with Crippen LogP contribution in [0.1, 0.15) is 11.1 Å². The van der Waals surface area contributed by atoms with Crippen LogP contribution in [-0.2, 0) is 0 Å². The van der Waals surface area contributed by atoms with Crippen molar-refractivity contribution >= 4 is 12.2 Å². The second-order valence-corrected chi connectivity index (χ2v) is 4.90. The minimum absolute atomic E-state index is 0.569. The number of hydrogen-bond donors (Lipinski definition) is 0. The minimum atomic E-state index is 0.569. The van der Waals surface area contributed by atoms with E-state index < -0.39 is 0 Å². The highest BCUT2D eigenvalue weighted by Gasteiger charge is 2.12. The Morgan fingerprint density at radius 1 is 0.625 bits per heavy atom. The van der Waals surface area contributed by atoms with Crippen molar-refractivity contribution in [3.05, 3.63) is 41.5 Å². The second-order valence-electron chi connectivity index (χ2n) is 4.90. The summed E-state index contributed by atoms with van der Waals surface area (Å²) in [5.74, 6) is 3.27. The van der Waals surface area contributed by atoms with Crippen LogP contribution in [0, 0.1) is 0 Å². The van der Waals surface area contributed by atoms with Crippen LogP contribution in [0.25, 0.3) is 12.2 Å². The van der Waals surface area contributed by atoms with E-state index in [9.17, 15) is 0 Å². The van der Waals surface area contributed by atoms with E-state index in [-0.39, 0.29) is 0 Å². The van der Waals surface area contributed by atoms with E-state index in [1.54, 1.807) is 35.5 Å². The van der Waals surface area contributed by atoms with Gasteiger partial charge < -0.3 is 23.7 Å². The molecule has 24 heavy (non-hydrogen) atoms. The molecule has 2 aromatic carbocycles. The van der Waals surface area contributed by atoms with Gasteiger partial charge in [0.2, 0.25) is 5.75 Å². The Morgan fingerprint density at radius 3 is 1.75 bits per heavy atom. The van der Waals surface area contributed by atoms with E-state index in [0.717, 1.165) is 22.6 Å². The normalized spacial score (nSPS) is 10.5. The summed E-state index contributed by atoms with van der Waals surface area (Å²) in [4.78, 5) is 0. The first-order valence-corrected chi connectivity index (χ1v) is 7.37. The Balaban J connectivity index is 2.38. The molecule has 0 radical (unpaired) electrons. The van der Waals surface area contributed by atoms with Crippen molar-refractivity contribution < 1.29 is 23.7 Å². The molecule has 0 heterocycles. The number of rotatable bonds is 7. The van der Waals surface area contributed by atoms with Crippen LogP contribution in [-0.4, -0.2) is 35.5 Å². The second kappa shape index (κ2) is 8.15. The molecule has 0 unspecified atom stereocenters. The summed E-state index contributed by atoms with van der Waals surface area (Å²) < 4.78 is 26.7. The van der Waals surface area contributed by atoms with E-state index in [0.29, 0.717) is 17.2 Å². The van der Waals surface area contributed by atoms with Crippen molar-refractivity contribution in [1.29, 1.82) is 0 Å². The van der Waals surface area contributed by atoms with Gasteiger partial charge in [-0.1, -0.05) is 12.2 Å². The molecule has 5 heteroatoms. The molecule has 0 spiro atoms. The first-order valence-electron chi connectivity index (χ1n) is 7.37. The Labute approximate surface area is 142 Å². The predicted molar refractivity (Wildman–Crippen MR) is 94.6 cm³/mol. The maximum atomic E-state index is 5.40. The maximum Gasteiger partial charge on any atom is 0.203 e. The van der Waals surface area contributed by atoms with Gasteiger partial charge in [-0.05, 0) is 29.8 Å². The van der Waals surface area contributed by atoms with Gasteiger partial charge in [-0.15, -0.1) is 0 Å². The van der Waals surface area contributed by atoms with Gasteiger partial charge in [-0.25, -0.2) is 0 Å². The van der Waals surface area contributed by atoms with Crippen LogP contribution in [0.5, 0.6) is 28.7 Å². The molecule has 5 nitrogen and oxygen atoms in total. The summed E-state index contributed by atoms with van der Waals surface area (Å²) in [7, 11) is 8.03. The van der Waals surface area contributed by atoms with E-state index in [1.165, 1.54) is 0 Å². The molecule has 0 N–H and O–H groups in total. The molecule has 128 valence electrons. The fourth-order valence-electron chi connectivity index (χ4n) is 2.34. The van der Waals surface area contributed by atoms with Crippen molar-refractivity contribution in [2.45, 2.75) is 0 Å². The lowest BCUT2D eigenvalue weighted by atomic mass is 10.1. The summed E-state index contributed by atoms with van der Waals surface area (Å²) in [5.41, 5.74) is 1.86. The Morgan fingerprint density at radius 2 is 1.25 bits per heavy atom. The third-order valence-corrected chi connectivity index (χ3v) is 3.58. The van der Waals surface area contributed by atoms with E-state index in [2.05, 4.69) is 0 Å². The maximum absolute atomic E-state index is 5.40. The third kappa shape index (κ3) is 3.74. The van der Waals surface area contributed by atoms with Crippen LogP contribution < -0.4 is 23.7 Å². The smallest absolute Gasteiger partial charge is 0.203 e. The molecule has 0 aliphatic carbocycles. The molecule has 2 aromatic rings. The molecule has 0 aliphatic rings. The van der Waals surface area contributed by atoms with Crippen LogP contribution >= 0.6 is 0 Å². The highest BCUT2D eigenvalue weighted by atomic mass is 16.5. The fraction of sp³-hybridized carbons (Fsp3) is 0.263. The van der Waals surface area contributed by atoms with Crippen LogP contribution in [0.2, 0.25) is 0 Å². The van der Waals surface area contributed by atoms with Crippen molar-refractivity contribution in [2.75, 3.05) is 35.5 Å². The average molecular weight is 330 g/mol. The van der Waals surface area contributed by atoms with Crippen molar-refractivity contribution in [1.82, 2.24) is 0 Å². The van der Waals surface area contributed by atoms with E-state index in [1.807, 2.05) is 42.5 Å². The van der Waals surface area contributed by atoms with Gasteiger partial charge in [-0.3, -0.25) is 0 Å². The Bertz CT molecular complexity index is 697. The number of methoxy groups -OCH3 is 5. The molecule has 0 bridgehead atoms. The van der Waals surface area contributed by atoms with Gasteiger partial charge in [0.15, 0.2) is 11.5 Å². The Hall–Kier alpha value is -2.82. The SMILES string of the molecule is COc1ccc(C=Cc2cc(OC)c(OC)c(OC)c2)c(OC)c1. The first kappa shape index (κ1) is 17.5. The zero-order valence-electron chi connectivity index (χ0n) is 14.6. The lowest BCUT2D eigenvalue weighted by molar-refractivity contribution is 0.324. The zero-order valence-corrected chi connectivity index (χ0v) is 14.6. The Kier molecular flexibility index (Phi) is 5.95. The zero-order chi connectivity index (χ0) is 17.5. The lowest BCUT2D eigenvalue weighted by Crippen LogP contribution is -1.95. The summed E-state index contributed by atoms with van der Waals surface area (Å²) in [6.07, 6.45) is 3.91. The van der Waals surface area contributed by atoms with Gasteiger partial charge in [0.25, 0.3) is 0 Å². The first-order chi connectivity index (χ1) is 11.7. The standard InChI is InChI=1S/C19H22O5/c1-20-15-9-8-14(16(12-15)21-2)7-6-13-10-17(22-3)19(24-5)18(11-13)23-4/h6-12H,1-5H3. The average Bonchev–Trinajstić information content (AvgIpc) is 2.64. The van der Waals surface area contributed by atoms with Crippen molar-refractivity contribution in [3.8, 4) is 28.7 Å². The minimum Gasteiger partial charge on any atom is -0.497 e. The van der Waals surface area contributed by atoms with Crippen LogP contribution in [0.4, 0.5) is 0 Å². The largest absolute Gasteiger partial charge is 0.497 e. The van der Waals surface area contributed by atoms with Gasteiger partial charge in [0, 0.05) is 11.6 Å². The van der Waals surface area contributed by atoms with E-state index in [4.69, 9.17) is 23.7 Å². The van der Waals surface area contributed by atoms with E-state index >= 15 is 0 Å². The summed E-state index contributed by atoms with van der Waals surface area (Å²) in [6, 6.07) is 9.43. The molecular formula is C19H22O5. The molecule has 0 aromatic heterocycles. The topological polar surface area (TPSA) is 46.2 Å². The molecule has 0 atom stereocenters. The molecular weight excluding hydrogens is 308 g/mol. The van der Waals surface area contributed by atoms with Gasteiger partial charge in [0.1, 0.15) is 11.5 Å². The summed E-state index contributed by atoms with van der Waals surface area (Å²) in [6.45, 7) is 0. The lowest BCUT2D eigenvalue weighted by Gasteiger charge is -2.13. The highest BCUT2D eigenvalue weighted by molar-refractivity contribution is 5.75. The number of hydrogen-bond acceptors (Lipinski definition) is 5. The summed E-state index contributed by atoms with van der Waals surface area (Å²) in [5, 5.41) is 0. The van der Waals surface area contributed by atoms with Crippen LogP contribution in [0.3, 0.4) is 0 Å². The van der Waals surface area contributed by atoms with Gasteiger partial charge in [-0.2, -0.15) is 0 Å². The molecule has 0 saturated carbocycles. The quantitative estimate of drug-likeness (QED) is 0.721. The summed E-state index contributed by atoms with van der Waals surface area (Å²) >= 11 is 0. The molecule has 0 fully saturated rings. The van der Waals surface area contributed by atoms with Crippen molar-refractivity contribution in [2.24, 2.45) is 0 Å². The van der Waals surface area contributed by atoms with Gasteiger partial charge >= 0.3 is 0 Å². The number of ether oxygens (including phenoxy) is 5. The molecule has 0 aliphatic heterocycles.